The number of nitrogens with zero attached hydrogens (tertiary/aromatic N) is 2. The molecule has 2 rings (SSSR count). The van der Waals surface area contributed by atoms with Gasteiger partial charge in [0.05, 0.1) is 23.1 Å². The van der Waals surface area contributed by atoms with E-state index in [2.05, 4.69) is 10.4 Å². The minimum atomic E-state index is -0.479. The number of hydrogen-bond acceptors (Lipinski definition) is 3. The summed E-state index contributed by atoms with van der Waals surface area (Å²) in [7, 11) is 0. The summed E-state index contributed by atoms with van der Waals surface area (Å²) in [5.41, 5.74) is 8.30. The number of nitrogens with one attached hydrogen (secondary N) is 1. The molecule has 0 aliphatic rings. The molecular formula is C15H20N4O. The van der Waals surface area contributed by atoms with Crippen LogP contribution in [0, 0.1) is 6.92 Å². The lowest BCUT2D eigenvalue weighted by molar-refractivity contribution is -0.117. The number of para-hydroxylation sites is 2. The summed E-state index contributed by atoms with van der Waals surface area (Å²) in [5.74, 6) is -0.164. The van der Waals surface area contributed by atoms with Gasteiger partial charge in [-0.05, 0) is 31.5 Å². The molecule has 5 heteroatoms. The van der Waals surface area contributed by atoms with E-state index in [9.17, 15) is 4.79 Å². The molecule has 0 bridgehead atoms. The largest absolute Gasteiger partial charge is 0.323 e. The fourth-order valence-electron chi connectivity index (χ4n) is 2.00. The summed E-state index contributed by atoms with van der Waals surface area (Å²) < 4.78 is 1.75. The van der Waals surface area contributed by atoms with Gasteiger partial charge in [-0.2, -0.15) is 5.10 Å². The quantitative estimate of drug-likeness (QED) is 0.876. The first-order valence-electron chi connectivity index (χ1n) is 6.80. The van der Waals surface area contributed by atoms with Crippen molar-refractivity contribution >= 4 is 11.6 Å². The molecule has 1 heterocycles. The fourth-order valence-corrected chi connectivity index (χ4v) is 2.00. The standard InChI is InChI=1S/C15H20N4O/c1-3-6-12(16)15(20)17-13-7-4-5-8-14(13)19-10-9-11(2)18-19/h4-5,7-10,12H,3,6,16H2,1-2H3,(H,17,20). The van der Waals surface area contributed by atoms with E-state index < -0.39 is 6.04 Å². The van der Waals surface area contributed by atoms with Gasteiger partial charge in [0, 0.05) is 6.20 Å². The average molecular weight is 272 g/mol. The lowest BCUT2D eigenvalue weighted by Gasteiger charge is -2.14. The second-order valence-electron chi connectivity index (χ2n) is 4.80. The topological polar surface area (TPSA) is 72.9 Å². The van der Waals surface area contributed by atoms with E-state index in [-0.39, 0.29) is 5.91 Å². The maximum absolute atomic E-state index is 12.0. The molecule has 0 saturated carbocycles. The molecule has 0 saturated heterocycles. The van der Waals surface area contributed by atoms with Crippen LogP contribution in [0.4, 0.5) is 5.69 Å². The molecule has 2 aromatic rings. The van der Waals surface area contributed by atoms with Crippen LogP contribution in [0.25, 0.3) is 5.69 Å². The van der Waals surface area contributed by atoms with E-state index in [4.69, 9.17) is 5.73 Å². The summed E-state index contributed by atoms with van der Waals surface area (Å²) in [6.07, 6.45) is 3.43. The van der Waals surface area contributed by atoms with Gasteiger partial charge in [-0.25, -0.2) is 4.68 Å². The lowest BCUT2D eigenvalue weighted by atomic mass is 10.1. The van der Waals surface area contributed by atoms with E-state index in [1.165, 1.54) is 0 Å². The van der Waals surface area contributed by atoms with Gasteiger partial charge in [0.2, 0.25) is 5.91 Å². The number of aryl methyl sites for hydroxylation is 1. The first-order valence-corrected chi connectivity index (χ1v) is 6.80. The highest BCUT2D eigenvalue weighted by molar-refractivity contribution is 5.96. The Labute approximate surface area is 118 Å². The molecule has 0 spiro atoms. The Bertz CT molecular complexity index is 591. The molecule has 1 atom stereocenters. The van der Waals surface area contributed by atoms with Crippen LogP contribution in [0.2, 0.25) is 0 Å². The van der Waals surface area contributed by atoms with Crippen molar-refractivity contribution in [2.24, 2.45) is 5.73 Å². The predicted molar refractivity (Wildman–Crippen MR) is 79.8 cm³/mol. The summed E-state index contributed by atoms with van der Waals surface area (Å²) in [6.45, 7) is 3.93. The van der Waals surface area contributed by atoms with E-state index in [1.807, 2.05) is 50.4 Å². The number of rotatable bonds is 5. The van der Waals surface area contributed by atoms with Gasteiger partial charge in [-0.15, -0.1) is 0 Å². The van der Waals surface area contributed by atoms with Gasteiger partial charge >= 0.3 is 0 Å². The van der Waals surface area contributed by atoms with Crippen molar-refractivity contribution in [2.45, 2.75) is 32.7 Å². The third-order valence-electron chi connectivity index (χ3n) is 3.07. The maximum atomic E-state index is 12.0. The van der Waals surface area contributed by atoms with Crippen molar-refractivity contribution in [2.75, 3.05) is 5.32 Å². The van der Waals surface area contributed by atoms with Crippen LogP contribution < -0.4 is 11.1 Å². The number of carbonyl (C=O) groups excluding carboxylic acids is 1. The van der Waals surface area contributed by atoms with Gasteiger partial charge in [0.1, 0.15) is 0 Å². The molecule has 0 aliphatic carbocycles. The average Bonchev–Trinajstić information content (AvgIpc) is 2.86. The van der Waals surface area contributed by atoms with Gasteiger partial charge in [-0.3, -0.25) is 4.79 Å². The Morgan fingerprint density at radius 1 is 1.40 bits per heavy atom. The predicted octanol–water partition coefficient (Wildman–Crippen LogP) is 2.25. The van der Waals surface area contributed by atoms with Crippen LogP contribution in [0.5, 0.6) is 0 Å². The number of hydrogen-bond donors (Lipinski definition) is 2. The maximum Gasteiger partial charge on any atom is 0.241 e. The second kappa shape index (κ2) is 6.34. The highest BCUT2D eigenvalue weighted by Crippen LogP contribution is 2.19. The zero-order valence-corrected chi connectivity index (χ0v) is 11.8. The number of carbonyl (C=O) groups is 1. The van der Waals surface area contributed by atoms with Gasteiger partial charge in [-0.1, -0.05) is 25.5 Å². The normalized spacial score (nSPS) is 12.2. The molecular weight excluding hydrogens is 252 g/mol. The minimum Gasteiger partial charge on any atom is -0.323 e. The van der Waals surface area contributed by atoms with E-state index in [0.717, 1.165) is 17.8 Å². The molecule has 1 aromatic heterocycles. The Hall–Kier alpha value is -2.14. The van der Waals surface area contributed by atoms with Crippen molar-refractivity contribution in [1.29, 1.82) is 0 Å². The molecule has 1 unspecified atom stereocenters. The Balaban J connectivity index is 2.22. The Kier molecular flexibility index (Phi) is 4.53. The van der Waals surface area contributed by atoms with Crippen LogP contribution >= 0.6 is 0 Å². The van der Waals surface area contributed by atoms with Gasteiger partial charge in [0.25, 0.3) is 0 Å². The van der Waals surface area contributed by atoms with Crippen molar-refractivity contribution in [3.63, 3.8) is 0 Å². The van der Waals surface area contributed by atoms with Gasteiger partial charge < -0.3 is 11.1 Å². The van der Waals surface area contributed by atoms with Crippen molar-refractivity contribution in [3.8, 4) is 5.69 Å². The smallest absolute Gasteiger partial charge is 0.241 e. The van der Waals surface area contributed by atoms with E-state index in [0.29, 0.717) is 12.1 Å². The number of amides is 1. The van der Waals surface area contributed by atoms with Crippen LogP contribution in [0.15, 0.2) is 36.5 Å². The number of anilines is 1. The lowest BCUT2D eigenvalue weighted by Crippen LogP contribution is -2.35. The van der Waals surface area contributed by atoms with Crippen molar-refractivity contribution in [3.05, 3.63) is 42.2 Å². The molecule has 1 amide bonds. The number of benzene rings is 1. The van der Waals surface area contributed by atoms with E-state index in [1.54, 1.807) is 4.68 Å². The van der Waals surface area contributed by atoms with Crippen LogP contribution in [-0.4, -0.2) is 21.7 Å². The highest BCUT2D eigenvalue weighted by atomic mass is 16.2. The highest BCUT2D eigenvalue weighted by Gasteiger charge is 2.14. The second-order valence-corrected chi connectivity index (χ2v) is 4.80. The molecule has 3 N–H and O–H groups in total. The summed E-state index contributed by atoms with van der Waals surface area (Å²) in [4.78, 5) is 12.0. The van der Waals surface area contributed by atoms with Crippen LogP contribution in [-0.2, 0) is 4.79 Å². The van der Waals surface area contributed by atoms with Crippen molar-refractivity contribution < 1.29 is 4.79 Å². The summed E-state index contributed by atoms with van der Waals surface area (Å²) >= 11 is 0. The summed E-state index contributed by atoms with van der Waals surface area (Å²) in [5, 5.41) is 7.24. The molecule has 0 radical (unpaired) electrons. The first-order chi connectivity index (χ1) is 9.61. The number of nitrogens with two attached hydrogens (primary N) is 1. The number of aromatic nitrogens is 2. The van der Waals surface area contributed by atoms with E-state index >= 15 is 0 Å². The van der Waals surface area contributed by atoms with Crippen molar-refractivity contribution in [1.82, 2.24) is 9.78 Å². The van der Waals surface area contributed by atoms with Gasteiger partial charge in [0.15, 0.2) is 0 Å². The first kappa shape index (κ1) is 14.3. The third-order valence-corrected chi connectivity index (χ3v) is 3.07. The fraction of sp³-hybridized carbons (Fsp3) is 0.333. The molecule has 0 aliphatic heterocycles. The third kappa shape index (κ3) is 3.24. The SMILES string of the molecule is CCCC(N)C(=O)Nc1ccccc1-n1ccc(C)n1. The Morgan fingerprint density at radius 2 is 2.15 bits per heavy atom. The molecule has 5 nitrogen and oxygen atoms in total. The molecule has 106 valence electrons. The summed E-state index contributed by atoms with van der Waals surface area (Å²) in [6, 6.07) is 8.99. The molecule has 20 heavy (non-hydrogen) atoms. The Morgan fingerprint density at radius 3 is 2.80 bits per heavy atom. The minimum absolute atomic E-state index is 0.164. The zero-order chi connectivity index (χ0) is 14.5. The molecule has 1 aromatic carbocycles. The monoisotopic (exact) mass is 272 g/mol. The molecule has 0 fully saturated rings. The van der Waals surface area contributed by atoms with Crippen LogP contribution in [0.3, 0.4) is 0 Å². The van der Waals surface area contributed by atoms with Crippen LogP contribution in [0.1, 0.15) is 25.5 Å². The zero-order valence-electron chi connectivity index (χ0n) is 11.8.